The van der Waals surface area contributed by atoms with Gasteiger partial charge in [0.05, 0.1) is 10.5 Å². The second-order valence-electron chi connectivity index (χ2n) is 3.72. The zero-order valence-corrected chi connectivity index (χ0v) is 12.2. The highest BCUT2D eigenvalue weighted by Crippen LogP contribution is 2.18. The molecule has 0 saturated heterocycles. The van der Waals surface area contributed by atoms with Crippen molar-refractivity contribution in [3.63, 3.8) is 0 Å². The minimum atomic E-state index is -3.92. The van der Waals surface area contributed by atoms with Crippen LogP contribution in [0.2, 0.25) is 0 Å². The molecule has 5 nitrogen and oxygen atoms in total. The molecule has 2 aromatic rings. The van der Waals surface area contributed by atoms with E-state index < -0.39 is 15.8 Å². The van der Waals surface area contributed by atoms with E-state index in [1.54, 1.807) is 12.1 Å². The number of sulfonamides is 1. The molecule has 1 heterocycles. The number of aromatic nitrogens is 1. The van der Waals surface area contributed by atoms with Gasteiger partial charge in [-0.15, -0.1) is 0 Å². The van der Waals surface area contributed by atoms with Crippen LogP contribution in [-0.2, 0) is 10.0 Å². The summed E-state index contributed by atoms with van der Waals surface area (Å²) in [4.78, 5) is 3.66. The molecule has 1 aromatic carbocycles. The van der Waals surface area contributed by atoms with E-state index in [1.807, 2.05) is 0 Å². The van der Waals surface area contributed by atoms with Gasteiger partial charge in [0.25, 0.3) is 10.0 Å². The predicted octanol–water partition coefficient (Wildman–Crippen LogP) is 2.66. The van der Waals surface area contributed by atoms with Crippen LogP contribution < -0.4 is 4.72 Å². The number of nitrogens with one attached hydrogen (secondary N) is 1. The third-order valence-corrected chi connectivity index (χ3v) is 4.16. The second-order valence-corrected chi connectivity index (χ2v) is 6.32. The number of pyridine rings is 1. The van der Waals surface area contributed by atoms with E-state index in [0.29, 0.717) is 4.47 Å². The minimum absolute atomic E-state index is 0.121. The fourth-order valence-electron chi connectivity index (χ4n) is 1.39. The molecule has 0 aliphatic carbocycles. The Morgan fingerprint density at radius 3 is 2.65 bits per heavy atom. The van der Waals surface area contributed by atoms with Gasteiger partial charge in [-0.3, -0.25) is 4.72 Å². The number of hydrogen-bond donors (Lipinski definition) is 1. The molecule has 0 spiro atoms. The van der Waals surface area contributed by atoms with Crippen molar-refractivity contribution >= 4 is 31.8 Å². The first kappa shape index (κ1) is 14.4. The topological polar surface area (TPSA) is 82.8 Å². The van der Waals surface area contributed by atoms with Crippen molar-refractivity contribution in [1.82, 2.24) is 4.98 Å². The molecule has 0 amide bonds. The summed E-state index contributed by atoms with van der Waals surface area (Å²) in [6.45, 7) is 0. The average Bonchev–Trinajstić information content (AvgIpc) is 2.41. The SMILES string of the molecule is N#Cc1cc(S(=O)(=O)Nc2ccc(Br)cn2)ccc1F. The van der Waals surface area contributed by atoms with Crippen LogP contribution in [0.25, 0.3) is 0 Å². The van der Waals surface area contributed by atoms with Gasteiger partial charge in [-0.1, -0.05) is 0 Å². The summed E-state index contributed by atoms with van der Waals surface area (Å²) in [5.74, 6) is -0.649. The van der Waals surface area contributed by atoms with E-state index in [9.17, 15) is 12.8 Å². The van der Waals surface area contributed by atoms with Crippen LogP contribution >= 0.6 is 15.9 Å². The first-order chi connectivity index (χ1) is 9.42. The maximum Gasteiger partial charge on any atom is 0.263 e. The van der Waals surface area contributed by atoms with Crippen molar-refractivity contribution in [2.24, 2.45) is 0 Å². The standard InChI is InChI=1S/C12H7BrFN3O2S/c13-9-1-4-12(16-7-9)17-20(18,19)10-2-3-11(14)8(5-10)6-15/h1-5,7H,(H,16,17). The fourth-order valence-corrected chi connectivity index (χ4v) is 2.66. The third-order valence-electron chi connectivity index (χ3n) is 2.33. The lowest BCUT2D eigenvalue weighted by Gasteiger charge is -2.07. The molecule has 0 bridgehead atoms. The van der Waals surface area contributed by atoms with Crippen LogP contribution in [0.1, 0.15) is 5.56 Å². The first-order valence-electron chi connectivity index (χ1n) is 5.26. The minimum Gasteiger partial charge on any atom is -0.263 e. The van der Waals surface area contributed by atoms with Gasteiger partial charge in [0.1, 0.15) is 17.7 Å². The Hall–Kier alpha value is -1.98. The van der Waals surface area contributed by atoms with Crippen molar-refractivity contribution in [1.29, 1.82) is 5.26 Å². The monoisotopic (exact) mass is 355 g/mol. The zero-order valence-electron chi connectivity index (χ0n) is 9.84. The molecular formula is C12H7BrFN3O2S. The molecule has 0 aliphatic rings. The molecule has 1 N–H and O–H groups in total. The van der Waals surface area contributed by atoms with Crippen LogP contribution in [0.3, 0.4) is 0 Å². The largest absolute Gasteiger partial charge is 0.263 e. The molecule has 0 unspecified atom stereocenters. The molecule has 0 aliphatic heterocycles. The lowest BCUT2D eigenvalue weighted by atomic mass is 10.2. The van der Waals surface area contributed by atoms with Crippen LogP contribution in [0.5, 0.6) is 0 Å². The number of benzene rings is 1. The Labute approximate surface area is 123 Å². The number of rotatable bonds is 3. The summed E-state index contributed by atoms with van der Waals surface area (Å²) in [7, 11) is -3.92. The van der Waals surface area contributed by atoms with Crippen LogP contribution in [-0.4, -0.2) is 13.4 Å². The molecule has 0 radical (unpaired) electrons. The molecular weight excluding hydrogens is 349 g/mol. The lowest BCUT2D eigenvalue weighted by Crippen LogP contribution is -2.14. The quantitative estimate of drug-likeness (QED) is 0.917. The number of hydrogen-bond acceptors (Lipinski definition) is 4. The summed E-state index contributed by atoms with van der Waals surface area (Å²) in [6.07, 6.45) is 1.43. The van der Waals surface area contributed by atoms with Crippen LogP contribution in [0.15, 0.2) is 45.9 Å². The maximum absolute atomic E-state index is 13.2. The molecule has 2 rings (SSSR count). The third kappa shape index (κ3) is 3.12. The zero-order chi connectivity index (χ0) is 14.8. The van der Waals surface area contributed by atoms with Gasteiger partial charge >= 0.3 is 0 Å². The second kappa shape index (κ2) is 5.56. The molecule has 102 valence electrons. The smallest absolute Gasteiger partial charge is 0.263 e. The Morgan fingerprint density at radius 2 is 2.05 bits per heavy atom. The van der Waals surface area contributed by atoms with Crippen molar-refractivity contribution in [3.05, 3.63) is 52.4 Å². The number of anilines is 1. The van der Waals surface area contributed by atoms with Gasteiger partial charge in [0.2, 0.25) is 0 Å². The normalized spacial score (nSPS) is 10.8. The summed E-state index contributed by atoms with van der Waals surface area (Å²) >= 11 is 3.18. The van der Waals surface area contributed by atoms with Crippen molar-refractivity contribution in [3.8, 4) is 6.07 Å². The van der Waals surface area contributed by atoms with Crippen molar-refractivity contribution in [2.45, 2.75) is 4.90 Å². The van der Waals surface area contributed by atoms with Crippen molar-refractivity contribution < 1.29 is 12.8 Å². The van der Waals surface area contributed by atoms with Gasteiger partial charge in [-0.2, -0.15) is 5.26 Å². The van der Waals surface area contributed by atoms with Crippen LogP contribution in [0.4, 0.5) is 10.2 Å². The van der Waals surface area contributed by atoms with Gasteiger partial charge in [-0.05, 0) is 46.3 Å². The Bertz CT molecular complexity index is 785. The molecule has 0 saturated carbocycles. The van der Waals surface area contributed by atoms with Gasteiger partial charge in [0.15, 0.2) is 0 Å². The molecule has 0 fully saturated rings. The molecule has 0 atom stereocenters. The van der Waals surface area contributed by atoms with Crippen LogP contribution in [0, 0.1) is 17.1 Å². The summed E-state index contributed by atoms with van der Waals surface area (Å²) in [5, 5.41) is 8.71. The Kier molecular flexibility index (Phi) is 4.01. The summed E-state index contributed by atoms with van der Waals surface area (Å²) in [5.41, 5.74) is -0.336. The summed E-state index contributed by atoms with van der Waals surface area (Å²) < 4.78 is 40.3. The first-order valence-corrected chi connectivity index (χ1v) is 7.54. The van der Waals surface area contributed by atoms with Gasteiger partial charge in [0, 0.05) is 10.7 Å². The Morgan fingerprint density at radius 1 is 1.30 bits per heavy atom. The van der Waals surface area contributed by atoms with Gasteiger partial charge < -0.3 is 0 Å². The van der Waals surface area contributed by atoms with Gasteiger partial charge in [-0.25, -0.2) is 17.8 Å². The van der Waals surface area contributed by atoms with E-state index >= 15 is 0 Å². The lowest BCUT2D eigenvalue weighted by molar-refractivity contribution is 0.599. The number of nitrogens with zero attached hydrogens (tertiary/aromatic N) is 2. The maximum atomic E-state index is 13.2. The highest BCUT2D eigenvalue weighted by molar-refractivity contribution is 9.10. The molecule has 1 aromatic heterocycles. The fraction of sp³-hybridized carbons (Fsp3) is 0. The predicted molar refractivity (Wildman–Crippen MR) is 73.9 cm³/mol. The van der Waals surface area contributed by atoms with E-state index in [2.05, 4.69) is 25.6 Å². The van der Waals surface area contributed by atoms with E-state index in [0.717, 1.165) is 18.2 Å². The van der Waals surface area contributed by atoms with E-state index in [-0.39, 0.29) is 16.3 Å². The highest BCUT2D eigenvalue weighted by atomic mass is 79.9. The number of nitriles is 1. The molecule has 8 heteroatoms. The highest BCUT2D eigenvalue weighted by Gasteiger charge is 2.17. The summed E-state index contributed by atoms with van der Waals surface area (Å²) in [6, 6.07) is 7.66. The van der Waals surface area contributed by atoms with Crippen molar-refractivity contribution in [2.75, 3.05) is 4.72 Å². The van der Waals surface area contributed by atoms with E-state index in [1.165, 1.54) is 12.3 Å². The van der Waals surface area contributed by atoms with E-state index in [4.69, 9.17) is 5.26 Å². The Balaban J connectivity index is 2.36. The number of halogens is 2. The average molecular weight is 356 g/mol. The molecule has 20 heavy (non-hydrogen) atoms.